The molecular formula is C14H20N2O6S. The lowest BCUT2D eigenvalue weighted by Crippen LogP contribution is -2.43. The maximum Gasteiger partial charge on any atom is 0.339 e. The summed E-state index contributed by atoms with van der Waals surface area (Å²) in [5.41, 5.74) is -0.562. The third kappa shape index (κ3) is 5.29. The molecule has 0 bridgehead atoms. The van der Waals surface area contributed by atoms with E-state index >= 15 is 0 Å². The first-order chi connectivity index (χ1) is 10.5. The molecule has 0 aliphatic rings. The van der Waals surface area contributed by atoms with E-state index in [0.717, 1.165) is 6.20 Å². The van der Waals surface area contributed by atoms with Crippen molar-refractivity contribution in [2.45, 2.75) is 44.0 Å². The zero-order valence-corrected chi connectivity index (χ0v) is 14.2. The van der Waals surface area contributed by atoms with Gasteiger partial charge in [0.1, 0.15) is 4.90 Å². The summed E-state index contributed by atoms with van der Waals surface area (Å²) in [6.07, 6.45) is 1.08. The van der Waals surface area contributed by atoms with Gasteiger partial charge in [0, 0.05) is 18.2 Å². The third-order valence-electron chi connectivity index (χ3n) is 3.15. The molecule has 1 aromatic rings. The number of sulfonamides is 1. The summed E-state index contributed by atoms with van der Waals surface area (Å²) in [7, 11) is -2.77. The molecule has 1 rings (SSSR count). The second kappa shape index (κ2) is 7.05. The number of esters is 1. The molecule has 0 unspecified atom stereocenters. The van der Waals surface area contributed by atoms with Gasteiger partial charge in [-0.3, -0.25) is 9.78 Å². The monoisotopic (exact) mass is 344 g/mol. The molecular weight excluding hydrogens is 324 g/mol. The fraction of sp³-hybridized carbons (Fsp3) is 0.500. The molecule has 0 saturated heterocycles. The molecule has 1 heterocycles. The number of pyridine rings is 1. The number of hydrogen-bond donors (Lipinski definition) is 2. The quantitative estimate of drug-likeness (QED) is 0.710. The van der Waals surface area contributed by atoms with Gasteiger partial charge in [-0.05, 0) is 33.3 Å². The van der Waals surface area contributed by atoms with Crippen molar-refractivity contribution < 1.29 is 27.9 Å². The zero-order valence-electron chi connectivity index (χ0n) is 13.4. The van der Waals surface area contributed by atoms with Crippen LogP contribution in [-0.2, 0) is 19.6 Å². The van der Waals surface area contributed by atoms with Crippen LogP contribution in [0.15, 0.2) is 17.2 Å². The highest BCUT2D eigenvalue weighted by atomic mass is 32.2. The van der Waals surface area contributed by atoms with E-state index in [-0.39, 0.29) is 23.3 Å². The average Bonchev–Trinajstić information content (AvgIpc) is 2.43. The van der Waals surface area contributed by atoms with Crippen LogP contribution in [0.25, 0.3) is 0 Å². The van der Waals surface area contributed by atoms with Gasteiger partial charge in [0.15, 0.2) is 0 Å². The Bertz CT molecular complexity index is 712. The number of nitrogens with one attached hydrogen (secondary N) is 1. The van der Waals surface area contributed by atoms with Crippen LogP contribution >= 0.6 is 0 Å². The number of methoxy groups -OCH3 is 1. The van der Waals surface area contributed by atoms with Crippen molar-refractivity contribution in [1.82, 2.24) is 9.71 Å². The van der Waals surface area contributed by atoms with Gasteiger partial charge < -0.3 is 9.84 Å². The molecule has 0 amide bonds. The Kier molecular flexibility index (Phi) is 5.84. The molecule has 128 valence electrons. The van der Waals surface area contributed by atoms with E-state index in [2.05, 4.69) is 14.4 Å². The molecule has 0 aliphatic carbocycles. The number of aliphatic carboxylic acids is 1. The van der Waals surface area contributed by atoms with Crippen molar-refractivity contribution in [3.05, 3.63) is 23.5 Å². The topological polar surface area (TPSA) is 123 Å². The summed E-state index contributed by atoms with van der Waals surface area (Å²) < 4.78 is 31.8. The van der Waals surface area contributed by atoms with Gasteiger partial charge in [-0.25, -0.2) is 17.9 Å². The number of carbonyl (C=O) groups is 2. The number of carboxylic acids is 1. The molecule has 0 radical (unpaired) electrons. The second-order valence-corrected chi connectivity index (χ2v) is 7.36. The fourth-order valence-electron chi connectivity index (χ4n) is 1.87. The van der Waals surface area contributed by atoms with Crippen molar-refractivity contribution in [3.63, 3.8) is 0 Å². The number of aromatic nitrogens is 1. The van der Waals surface area contributed by atoms with Gasteiger partial charge in [-0.1, -0.05) is 0 Å². The highest BCUT2D eigenvalue weighted by molar-refractivity contribution is 7.89. The average molecular weight is 344 g/mol. The molecule has 23 heavy (non-hydrogen) atoms. The molecule has 2 N–H and O–H groups in total. The molecule has 8 nitrogen and oxygen atoms in total. The van der Waals surface area contributed by atoms with Crippen LogP contribution in [0.4, 0.5) is 0 Å². The first kappa shape index (κ1) is 19.0. The Morgan fingerprint density at radius 1 is 1.39 bits per heavy atom. The normalized spacial score (nSPS) is 12.0. The first-order valence-corrected chi connectivity index (χ1v) is 8.27. The lowest BCUT2D eigenvalue weighted by Gasteiger charge is -2.25. The first-order valence-electron chi connectivity index (χ1n) is 6.79. The third-order valence-corrected chi connectivity index (χ3v) is 4.82. The van der Waals surface area contributed by atoms with Gasteiger partial charge in [0.25, 0.3) is 0 Å². The molecule has 1 aromatic heterocycles. The van der Waals surface area contributed by atoms with Crippen LogP contribution in [-0.4, -0.2) is 43.1 Å². The van der Waals surface area contributed by atoms with Gasteiger partial charge in [0.05, 0.1) is 18.4 Å². The summed E-state index contributed by atoms with van der Waals surface area (Å²) in [6, 6.07) is 1.18. The molecule has 0 aliphatic heterocycles. The predicted molar refractivity (Wildman–Crippen MR) is 81.6 cm³/mol. The van der Waals surface area contributed by atoms with Crippen LogP contribution in [0.5, 0.6) is 0 Å². The summed E-state index contributed by atoms with van der Waals surface area (Å²) in [5, 5.41) is 8.71. The molecule has 0 saturated carbocycles. The summed E-state index contributed by atoms with van der Waals surface area (Å²) >= 11 is 0. The van der Waals surface area contributed by atoms with E-state index < -0.39 is 27.5 Å². The molecule has 0 spiro atoms. The zero-order chi connectivity index (χ0) is 17.8. The van der Waals surface area contributed by atoms with Crippen molar-refractivity contribution in [2.24, 2.45) is 0 Å². The van der Waals surface area contributed by atoms with Crippen molar-refractivity contribution in [3.8, 4) is 0 Å². The van der Waals surface area contributed by atoms with Crippen LogP contribution in [0, 0.1) is 6.92 Å². The standard InChI is InChI=1S/C14H20N2O6S/c1-9-11(13(19)22-4)7-10(8-15-9)23(20,21)16-14(2,3)6-5-12(17)18/h7-8,16H,5-6H2,1-4H3,(H,17,18). The highest BCUT2D eigenvalue weighted by Gasteiger charge is 2.28. The van der Waals surface area contributed by atoms with E-state index in [1.54, 1.807) is 20.8 Å². The number of carboxylic acid groups (broad SMARTS) is 1. The number of nitrogens with zero attached hydrogens (tertiary/aromatic N) is 1. The lowest BCUT2D eigenvalue weighted by atomic mass is 10.0. The highest BCUT2D eigenvalue weighted by Crippen LogP contribution is 2.19. The maximum atomic E-state index is 12.4. The Labute approximate surface area is 134 Å². The fourth-order valence-corrected chi connectivity index (χ4v) is 3.28. The SMILES string of the molecule is COC(=O)c1cc(S(=O)(=O)NC(C)(C)CCC(=O)O)cnc1C. The number of hydrogen-bond acceptors (Lipinski definition) is 6. The number of carbonyl (C=O) groups excluding carboxylic acids is 1. The minimum absolute atomic E-state index is 0.0544. The summed E-state index contributed by atoms with van der Waals surface area (Å²) in [5.74, 6) is -1.69. The van der Waals surface area contributed by atoms with E-state index in [4.69, 9.17) is 5.11 Å². The summed E-state index contributed by atoms with van der Waals surface area (Å²) in [4.78, 5) is 26.0. The van der Waals surface area contributed by atoms with E-state index in [1.807, 2.05) is 0 Å². The largest absolute Gasteiger partial charge is 0.481 e. The number of ether oxygens (including phenoxy) is 1. The number of rotatable bonds is 7. The van der Waals surface area contributed by atoms with Gasteiger partial charge in [-0.2, -0.15) is 0 Å². The molecule has 9 heteroatoms. The van der Waals surface area contributed by atoms with Crippen LogP contribution < -0.4 is 4.72 Å². The predicted octanol–water partition coefficient (Wildman–Crippen LogP) is 1.10. The Morgan fingerprint density at radius 3 is 2.52 bits per heavy atom. The Hall–Kier alpha value is -2.00. The van der Waals surface area contributed by atoms with Crippen LogP contribution in [0.1, 0.15) is 42.7 Å². The van der Waals surface area contributed by atoms with Gasteiger partial charge in [0.2, 0.25) is 10.0 Å². The van der Waals surface area contributed by atoms with Crippen molar-refractivity contribution in [2.75, 3.05) is 7.11 Å². The van der Waals surface area contributed by atoms with E-state index in [9.17, 15) is 18.0 Å². The van der Waals surface area contributed by atoms with Crippen molar-refractivity contribution in [1.29, 1.82) is 0 Å². The number of aryl methyl sites for hydroxylation is 1. The Balaban J connectivity index is 3.09. The van der Waals surface area contributed by atoms with Crippen LogP contribution in [0.2, 0.25) is 0 Å². The van der Waals surface area contributed by atoms with E-state index in [1.165, 1.54) is 13.2 Å². The van der Waals surface area contributed by atoms with Crippen LogP contribution in [0.3, 0.4) is 0 Å². The maximum absolute atomic E-state index is 12.4. The van der Waals surface area contributed by atoms with E-state index in [0.29, 0.717) is 5.69 Å². The minimum atomic E-state index is -3.96. The summed E-state index contributed by atoms with van der Waals surface area (Å²) in [6.45, 7) is 4.72. The lowest BCUT2D eigenvalue weighted by molar-refractivity contribution is -0.137. The van der Waals surface area contributed by atoms with Crippen molar-refractivity contribution >= 4 is 22.0 Å². The molecule has 0 atom stereocenters. The van der Waals surface area contributed by atoms with Gasteiger partial charge in [-0.15, -0.1) is 0 Å². The Morgan fingerprint density at radius 2 is 2.00 bits per heavy atom. The molecule has 0 aromatic carbocycles. The smallest absolute Gasteiger partial charge is 0.339 e. The minimum Gasteiger partial charge on any atom is -0.481 e. The van der Waals surface area contributed by atoms with Gasteiger partial charge >= 0.3 is 11.9 Å². The molecule has 0 fully saturated rings. The second-order valence-electron chi connectivity index (χ2n) is 5.68.